The van der Waals surface area contributed by atoms with E-state index < -0.39 is 21.7 Å². The Morgan fingerprint density at radius 3 is 2.65 bits per heavy atom. The van der Waals surface area contributed by atoms with Gasteiger partial charge in [0.15, 0.2) is 0 Å². The summed E-state index contributed by atoms with van der Waals surface area (Å²) in [7, 11) is -3.80. The molecule has 0 aromatic heterocycles. The van der Waals surface area contributed by atoms with Crippen molar-refractivity contribution in [3.63, 3.8) is 0 Å². The van der Waals surface area contributed by atoms with Crippen molar-refractivity contribution in [3.05, 3.63) is 53.3 Å². The Bertz CT molecular complexity index is 1150. The lowest BCUT2D eigenvalue weighted by Gasteiger charge is -2.17. The first kappa shape index (κ1) is 21.5. The van der Waals surface area contributed by atoms with Crippen molar-refractivity contribution in [2.24, 2.45) is 5.92 Å². The summed E-state index contributed by atoms with van der Waals surface area (Å²) in [4.78, 5) is 26.2. The first-order chi connectivity index (χ1) is 14.7. The van der Waals surface area contributed by atoms with E-state index in [0.29, 0.717) is 24.2 Å². The zero-order valence-corrected chi connectivity index (χ0v) is 18.0. The van der Waals surface area contributed by atoms with Crippen LogP contribution in [0.5, 0.6) is 0 Å². The second-order valence-electron chi connectivity index (χ2n) is 7.96. The Labute approximate surface area is 180 Å². The Morgan fingerprint density at radius 2 is 1.94 bits per heavy atom. The van der Waals surface area contributed by atoms with Gasteiger partial charge in [-0.05, 0) is 67.6 Å². The third kappa shape index (κ3) is 4.77. The highest BCUT2D eigenvalue weighted by Crippen LogP contribution is 2.37. The molecule has 0 radical (unpaired) electrons. The molecule has 2 amide bonds. The van der Waals surface area contributed by atoms with Crippen LogP contribution in [0.1, 0.15) is 30.4 Å². The molecule has 1 saturated carbocycles. The fraction of sp³-hybridized carbons (Fsp3) is 0.364. The van der Waals surface area contributed by atoms with Gasteiger partial charge in [0.05, 0.1) is 4.90 Å². The van der Waals surface area contributed by atoms with Crippen LogP contribution < -0.4 is 14.9 Å². The van der Waals surface area contributed by atoms with E-state index in [0.717, 1.165) is 24.1 Å². The molecule has 4 rings (SSSR count). The largest absolute Gasteiger partial charge is 0.326 e. The second-order valence-corrected chi connectivity index (χ2v) is 9.73. The van der Waals surface area contributed by atoms with Crippen LogP contribution in [-0.4, -0.2) is 33.3 Å². The van der Waals surface area contributed by atoms with Crippen molar-refractivity contribution in [2.45, 2.75) is 37.5 Å². The minimum absolute atomic E-state index is 0.0914. The topological polar surface area (TPSA) is 95.6 Å². The van der Waals surface area contributed by atoms with Gasteiger partial charge in [-0.1, -0.05) is 6.07 Å². The van der Waals surface area contributed by atoms with Crippen LogP contribution in [0.15, 0.2) is 41.3 Å². The first-order valence-electron chi connectivity index (χ1n) is 10.2. The van der Waals surface area contributed by atoms with Crippen molar-refractivity contribution in [3.8, 4) is 0 Å². The van der Waals surface area contributed by atoms with Crippen LogP contribution >= 0.6 is 0 Å². The molecular formula is C22H24FN3O4S. The van der Waals surface area contributed by atoms with Gasteiger partial charge in [-0.2, -0.15) is 0 Å². The van der Waals surface area contributed by atoms with Gasteiger partial charge < -0.3 is 10.2 Å². The molecule has 0 bridgehead atoms. The maximum atomic E-state index is 13.6. The molecule has 2 aromatic carbocycles. The van der Waals surface area contributed by atoms with Gasteiger partial charge in [0.25, 0.3) is 0 Å². The number of carbonyl (C=O) groups is 2. The second kappa shape index (κ2) is 8.39. The first-order valence-corrected chi connectivity index (χ1v) is 11.7. The van der Waals surface area contributed by atoms with E-state index >= 15 is 0 Å². The van der Waals surface area contributed by atoms with Gasteiger partial charge in [-0.15, -0.1) is 0 Å². The van der Waals surface area contributed by atoms with Crippen molar-refractivity contribution in [1.82, 2.24) is 4.72 Å². The molecule has 164 valence electrons. The number of nitrogens with one attached hydrogen (secondary N) is 2. The van der Waals surface area contributed by atoms with Crippen LogP contribution in [0.2, 0.25) is 0 Å². The molecule has 0 atom stereocenters. The summed E-state index contributed by atoms with van der Waals surface area (Å²) in [5, 5.41) is 2.55. The summed E-state index contributed by atoms with van der Waals surface area (Å²) in [6, 6.07) is 9.11. The van der Waals surface area contributed by atoms with Crippen LogP contribution in [0.25, 0.3) is 0 Å². The van der Waals surface area contributed by atoms with E-state index in [1.165, 1.54) is 12.1 Å². The highest BCUT2D eigenvalue weighted by molar-refractivity contribution is 7.89. The summed E-state index contributed by atoms with van der Waals surface area (Å²) in [6.07, 6.45) is 2.37. The number of fused-ring (bicyclic) bond motifs is 1. The monoisotopic (exact) mass is 445 g/mol. The van der Waals surface area contributed by atoms with Crippen molar-refractivity contribution in [1.29, 1.82) is 0 Å². The smallest absolute Gasteiger partial charge is 0.240 e. The van der Waals surface area contributed by atoms with Crippen LogP contribution in [0.3, 0.4) is 0 Å². The average Bonchev–Trinajstić information content (AvgIpc) is 3.49. The molecule has 2 aliphatic rings. The van der Waals surface area contributed by atoms with Crippen molar-refractivity contribution >= 4 is 33.2 Å². The lowest BCUT2D eigenvalue weighted by atomic mass is 10.2. The van der Waals surface area contributed by atoms with Gasteiger partial charge in [0.2, 0.25) is 21.8 Å². The van der Waals surface area contributed by atoms with E-state index in [4.69, 9.17) is 0 Å². The normalized spacial score (nSPS) is 15.6. The fourth-order valence-electron chi connectivity index (χ4n) is 3.60. The molecule has 0 spiro atoms. The highest BCUT2D eigenvalue weighted by atomic mass is 32.2. The molecule has 9 heteroatoms. The number of anilines is 2. The van der Waals surface area contributed by atoms with Crippen molar-refractivity contribution in [2.75, 3.05) is 23.3 Å². The highest BCUT2D eigenvalue weighted by Gasteiger charge is 2.36. The van der Waals surface area contributed by atoms with Gasteiger partial charge in [0, 0.05) is 36.8 Å². The number of hydrogen-bond donors (Lipinski definition) is 2. The third-order valence-electron chi connectivity index (χ3n) is 5.55. The van der Waals surface area contributed by atoms with E-state index in [1.807, 2.05) is 0 Å². The molecule has 2 aromatic rings. The Hall–Kier alpha value is -2.78. The molecule has 7 nitrogen and oxygen atoms in total. The number of rotatable bonds is 7. The van der Waals surface area contributed by atoms with E-state index in [9.17, 15) is 22.4 Å². The summed E-state index contributed by atoms with van der Waals surface area (Å²) < 4.78 is 41.2. The number of sulfonamides is 1. The molecule has 1 fully saturated rings. The summed E-state index contributed by atoms with van der Waals surface area (Å²) in [6.45, 7) is 2.10. The summed E-state index contributed by atoms with van der Waals surface area (Å²) >= 11 is 0. The summed E-state index contributed by atoms with van der Waals surface area (Å²) in [5.41, 5.74) is 2.40. The number of benzene rings is 2. The molecular weight excluding hydrogens is 421 g/mol. The van der Waals surface area contributed by atoms with Crippen LogP contribution in [-0.2, 0) is 26.0 Å². The quantitative estimate of drug-likeness (QED) is 0.685. The van der Waals surface area contributed by atoms with E-state index in [-0.39, 0.29) is 29.7 Å². The SMILES string of the molecule is Cc1ccc(NC(=O)CCNS(=O)(=O)c2ccc3c(c2)CCN3C(=O)C2CC2)cc1F. The zero-order valence-electron chi connectivity index (χ0n) is 17.2. The Balaban J connectivity index is 1.34. The lowest BCUT2D eigenvalue weighted by Crippen LogP contribution is -2.30. The maximum absolute atomic E-state index is 13.6. The maximum Gasteiger partial charge on any atom is 0.240 e. The van der Waals surface area contributed by atoms with Crippen LogP contribution in [0.4, 0.5) is 15.8 Å². The molecule has 0 saturated heterocycles. The van der Waals surface area contributed by atoms with Gasteiger partial charge in [-0.25, -0.2) is 17.5 Å². The standard InChI is InChI=1S/C22H24FN3O4S/c1-14-2-5-17(13-19(14)23)25-21(27)8-10-24-31(29,30)18-6-7-20-16(12-18)9-11-26(20)22(28)15-3-4-15/h2,5-7,12-13,15,24H,3-4,8-11H2,1H3,(H,25,27). The van der Waals surface area contributed by atoms with Gasteiger partial charge in [0.1, 0.15) is 5.82 Å². The van der Waals surface area contributed by atoms with Gasteiger partial charge >= 0.3 is 0 Å². The van der Waals surface area contributed by atoms with E-state index in [1.54, 1.807) is 36.1 Å². The molecule has 1 aliphatic heterocycles. The number of nitrogens with zero attached hydrogens (tertiary/aromatic N) is 1. The molecule has 2 N–H and O–H groups in total. The van der Waals surface area contributed by atoms with Gasteiger partial charge in [-0.3, -0.25) is 9.59 Å². The third-order valence-corrected chi connectivity index (χ3v) is 7.01. The minimum atomic E-state index is -3.80. The molecule has 31 heavy (non-hydrogen) atoms. The summed E-state index contributed by atoms with van der Waals surface area (Å²) in [5.74, 6) is -0.618. The number of halogens is 1. The molecule has 0 unspecified atom stereocenters. The lowest BCUT2D eigenvalue weighted by molar-refractivity contribution is -0.119. The minimum Gasteiger partial charge on any atom is -0.326 e. The average molecular weight is 446 g/mol. The Morgan fingerprint density at radius 1 is 1.16 bits per heavy atom. The fourth-order valence-corrected chi connectivity index (χ4v) is 4.68. The van der Waals surface area contributed by atoms with Crippen molar-refractivity contribution < 1.29 is 22.4 Å². The zero-order chi connectivity index (χ0) is 22.2. The number of hydrogen-bond acceptors (Lipinski definition) is 4. The number of carbonyl (C=O) groups excluding carboxylic acids is 2. The predicted octanol–water partition coefficient (Wildman–Crippen LogP) is 2.74. The van der Waals surface area contributed by atoms with E-state index in [2.05, 4.69) is 10.0 Å². The molecule has 1 aliphatic carbocycles. The molecule has 1 heterocycles. The Kier molecular flexibility index (Phi) is 5.81. The number of aryl methyl sites for hydroxylation is 1. The predicted molar refractivity (Wildman–Crippen MR) is 115 cm³/mol. The number of amides is 2. The van der Waals surface area contributed by atoms with Crippen LogP contribution in [0, 0.1) is 18.7 Å².